The van der Waals surface area contributed by atoms with Crippen LogP contribution in [0.3, 0.4) is 0 Å². The summed E-state index contributed by atoms with van der Waals surface area (Å²) in [6.45, 7) is 3.94. The van der Waals surface area contributed by atoms with Crippen LogP contribution in [0.1, 0.15) is 36.3 Å². The lowest BCUT2D eigenvalue weighted by atomic mass is 10.2. The van der Waals surface area contributed by atoms with Crippen LogP contribution in [0, 0.1) is 5.82 Å². The maximum absolute atomic E-state index is 14.5. The van der Waals surface area contributed by atoms with Gasteiger partial charge in [0.25, 0.3) is 5.91 Å². The van der Waals surface area contributed by atoms with Crippen LogP contribution < -0.4 is 10.6 Å². The Kier molecular flexibility index (Phi) is 7.27. The second kappa shape index (κ2) is 10.5. The number of amides is 2. The maximum Gasteiger partial charge on any atom is 0.272 e. The standard InChI is InChI=1S/C27H24ClFN4O2/c1-3-17(2)12-26(34)31-20-8-10-23-19(13-20)14-24(27(35)32-21-9-11-25(28)30-15-21)33(23)16-18-6-4-5-7-22(18)29/h3-11,13-15H,12,16H2,1-2H3,(H,31,34)(H,32,35)/b17-3+. The zero-order valence-corrected chi connectivity index (χ0v) is 20.1. The highest BCUT2D eigenvalue weighted by molar-refractivity contribution is 6.29. The van der Waals surface area contributed by atoms with Gasteiger partial charge in [0.15, 0.2) is 0 Å². The van der Waals surface area contributed by atoms with Gasteiger partial charge >= 0.3 is 0 Å². The molecule has 6 nitrogen and oxygen atoms in total. The number of anilines is 2. The molecule has 2 heterocycles. The Morgan fingerprint density at radius 3 is 2.54 bits per heavy atom. The van der Waals surface area contributed by atoms with Gasteiger partial charge in [-0.15, -0.1) is 0 Å². The summed E-state index contributed by atoms with van der Waals surface area (Å²) in [7, 11) is 0. The number of nitrogens with one attached hydrogen (secondary N) is 2. The predicted molar refractivity (Wildman–Crippen MR) is 137 cm³/mol. The van der Waals surface area contributed by atoms with Gasteiger partial charge in [-0.1, -0.05) is 41.4 Å². The normalized spacial score (nSPS) is 11.5. The minimum Gasteiger partial charge on any atom is -0.332 e. The molecule has 0 radical (unpaired) electrons. The molecule has 0 saturated carbocycles. The predicted octanol–water partition coefficient (Wildman–Crippen LogP) is 6.42. The molecule has 4 aromatic rings. The van der Waals surface area contributed by atoms with Gasteiger partial charge in [0, 0.05) is 28.6 Å². The highest BCUT2D eigenvalue weighted by Crippen LogP contribution is 2.26. The first-order valence-corrected chi connectivity index (χ1v) is 11.4. The van der Waals surface area contributed by atoms with Gasteiger partial charge in [-0.05, 0) is 56.3 Å². The fraction of sp³-hybridized carbons (Fsp3) is 0.148. The van der Waals surface area contributed by atoms with Crippen LogP contribution in [0.5, 0.6) is 0 Å². The molecule has 0 aliphatic rings. The number of allylic oxidation sites excluding steroid dienone is 1. The Morgan fingerprint density at radius 1 is 1.06 bits per heavy atom. The van der Waals surface area contributed by atoms with E-state index in [4.69, 9.17) is 11.6 Å². The number of benzene rings is 2. The number of pyridine rings is 1. The lowest BCUT2D eigenvalue weighted by Crippen LogP contribution is -2.18. The van der Waals surface area contributed by atoms with Crippen molar-refractivity contribution in [3.63, 3.8) is 0 Å². The molecule has 0 aliphatic heterocycles. The zero-order chi connectivity index (χ0) is 24.9. The minimum atomic E-state index is -0.379. The minimum absolute atomic E-state index is 0.126. The summed E-state index contributed by atoms with van der Waals surface area (Å²) in [5, 5.41) is 6.76. The van der Waals surface area contributed by atoms with E-state index in [1.165, 1.54) is 12.3 Å². The Hall–Kier alpha value is -3.97. The highest BCUT2D eigenvalue weighted by Gasteiger charge is 2.18. The summed E-state index contributed by atoms with van der Waals surface area (Å²) in [6, 6.07) is 16.8. The van der Waals surface area contributed by atoms with E-state index < -0.39 is 0 Å². The van der Waals surface area contributed by atoms with Gasteiger partial charge < -0.3 is 15.2 Å². The van der Waals surface area contributed by atoms with Gasteiger partial charge in [0.1, 0.15) is 16.7 Å². The molecule has 0 aliphatic carbocycles. The molecule has 0 atom stereocenters. The number of rotatable bonds is 7. The molecular weight excluding hydrogens is 467 g/mol. The topological polar surface area (TPSA) is 76.0 Å². The Morgan fingerprint density at radius 2 is 1.83 bits per heavy atom. The molecule has 2 amide bonds. The second-order valence-electron chi connectivity index (χ2n) is 8.16. The molecule has 0 spiro atoms. The van der Waals surface area contributed by atoms with Gasteiger partial charge in [-0.3, -0.25) is 9.59 Å². The fourth-order valence-corrected chi connectivity index (χ4v) is 3.82. The molecule has 2 aromatic heterocycles. The van der Waals surface area contributed by atoms with Crippen molar-refractivity contribution in [1.82, 2.24) is 9.55 Å². The van der Waals surface area contributed by atoms with Crippen molar-refractivity contribution >= 4 is 45.7 Å². The number of halogens is 2. The summed E-state index contributed by atoms with van der Waals surface area (Å²) in [4.78, 5) is 29.5. The van der Waals surface area contributed by atoms with Crippen LogP contribution >= 0.6 is 11.6 Å². The number of nitrogens with zero attached hydrogens (tertiary/aromatic N) is 2. The molecule has 4 rings (SSSR count). The van der Waals surface area contributed by atoms with E-state index in [-0.39, 0.29) is 24.2 Å². The van der Waals surface area contributed by atoms with Gasteiger partial charge in [-0.2, -0.15) is 0 Å². The lowest BCUT2D eigenvalue weighted by molar-refractivity contribution is -0.115. The maximum atomic E-state index is 14.5. The second-order valence-corrected chi connectivity index (χ2v) is 8.55. The number of hydrogen-bond acceptors (Lipinski definition) is 3. The van der Waals surface area contributed by atoms with Crippen molar-refractivity contribution in [1.29, 1.82) is 0 Å². The van der Waals surface area contributed by atoms with Crippen molar-refractivity contribution in [2.24, 2.45) is 0 Å². The summed E-state index contributed by atoms with van der Waals surface area (Å²) in [5.74, 6) is -0.860. The molecule has 0 unspecified atom stereocenters. The third-order valence-electron chi connectivity index (χ3n) is 5.62. The highest BCUT2D eigenvalue weighted by atomic mass is 35.5. The lowest BCUT2D eigenvalue weighted by Gasteiger charge is -2.12. The van der Waals surface area contributed by atoms with E-state index in [9.17, 15) is 14.0 Å². The van der Waals surface area contributed by atoms with Crippen molar-refractivity contribution in [2.75, 3.05) is 10.6 Å². The van der Waals surface area contributed by atoms with Crippen LogP contribution in [0.25, 0.3) is 10.9 Å². The molecule has 2 N–H and O–H groups in total. The molecule has 35 heavy (non-hydrogen) atoms. The average Bonchev–Trinajstić information content (AvgIpc) is 3.19. The van der Waals surface area contributed by atoms with Crippen molar-refractivity contribution in [3.8, 4) is 0 Å². The Labute approximate surface area is 207 Å². The Bertz CT molecular complexity index is 1430. The van der Waals surface area contributed by atoms with Gasteiger partial charge in [0.2, 0.25) is 5.91 Å². The van der Waals surface area contributed by atoms with Gasteiger partial charge in [-0.25, -0.2) is 9.37 Å². The fourth-order valence-electron chi connectivity index (χ4n) is 3.71. The van der Waals surface area contributed by atoms with Gasteiger partial charge in [0.05, 0.1) is 18.4 Å². The van der Waals surface area contributed by atoms with Crippen LogP contribution in [0.2, 0.25) is 5.15 Å². The Balaban J connectivity index is 1.71. The van der Waals surface area contributed by atoms with E-state index in [1.54, 1.807) is 53.1 Å². The summed E-state index contributed by atoms with van der Waals surface area (Å²) < 4.78 is 16.2. The van der Waals surface area contributed by atoms with E-state index in [1.807, 2.05) is 26.0 Å². The number of fused-ring (bicyclic) bond motifs is 1. The SMILES string of the molecule is C/C=C(\C)CC(=O)Nc1ccc2c(c1)cc(C(=O)Nc1ccc(Cl)nc1)n2Cc1ccccc1F. The molecule has 0 fully saturated rings. The molecule has 0 bridgehead atoms. The van der Waals surface area contributed by atoms with E-state index in [0.29, 0.717) is 34.2 Å². The number of hydrogen-bond donors (Lipinski definition) is 2. The zero-order valence-electron chi connectivity index (χ0n) is 19.3. The van der Waals surface area contributed by atoms with E-state index in [2.05, 4.69) is 15.6 Å². The largest absolute Gasteiger partial charge is 0.332 e. The van der Waals surface area contributed by atoms with Crippen LogP contribution in [-0.2, 0) is 11.3 Å². The van der Waals surface area contributed by atoms with Crippen LogP contribution in [0.4, 0.5) is 15.8 Å². The monoisotopic (exact) mass is 490 g/mol. The first-order chi connectivity index (χ1) is 16.8. The van der Waals surface area contributed by atoms with Crippen molar-refractivity contribution < 1.29 is 14.0 Å². The smallest absolute Gasteiger partial charge is 0.272 e. The molecule has 2 aromatic carbocycles. The molecule has 8 heteroatoms. The summed E-state index contributed by atoms with van der Waals surface area (Å²) >= 11 is 5.84. The third kappa shape index (κ3) is 5.75. The van der Waals surface area contributed by atoms with E-state index in [0.717, 1.165) is 16.5 Å². The van der Waals surface area contributed by atoms with Crippen LogP contribution in [0.15, 0.2) is 78.5 Å². The summed E-state index contributed by atoms with van der Waals surface area (Å²) in [5.41, 5.74) is 3.58. The van der Waals surface area contributed by atoms with Crippen molar-refractivity contribution in [3.05, 3.63) is 101 Å². The number of aromatic nitrogens is 2. The van der Waals surface area contributed by atoms with E-state index >= 15 is 0 Å². The average molecular weight is 491 g/mol. The molecular formula is C27H24ClFN4O2. The number of carbonyl (C=O) groups excluding carboxylic acids is 2. The number of carbonyl (C=O) groups is 2. The van der Waals surface area contributed by atoms with Crippen LogP contribution in [-0.4, -0.2) is 21.4 Å². The first-order valence-electron chi connectivity index (χ1n) is 11.1. The first kappa shape index (κ1) is 24.2. The quantitative estimate of drug-likeness (QED) is 0.232. The molecule has 178 valence electrons. The third-order valence-corrected chi connectivity index (χ3v) is 5.85. The molecule has 0 saturated heterocycles. The summed E-state index contributed by atoms with van der Waals surface area (Å²) in [6.07, 6.45) is 3.66. The van der Waals surface area contributed by atoms with Crippen molar-refractivity contribution in [2.45, 2.75) is 26.8 Å².